The second-order valence-electron chi connectivity index (χ2n) is 1.17. The highest BCUT2D eigenvalue weighted by atomic mass is 35.5. The highest BCUT2D eigenvalue weighted by molar-refractivity contribution is 6.69. The third kappa shape index (κ3) is 2.75. The van der Waals surface area contributed by atoms with Crippen molar-refractivity contribution in [1.29, 1.82) is 0 Å². The molecule has 0 saturated heterocycles. The normalized spacial score (nSPS) is 11.6. The van der Waals surface area contributed by atoms with Crippen LogP contribution in [0.2, 0.25) is 0 Å². The molecule has 0 aliphatic heterocycles. The fourth-order valence-electron chi connectivity index (χ4n) is 0.225. The molecular formula is C5H7ClFN. The molecule has 8 heavy (non-hydrogen) atoms. The quantitative estimate of drug-likeness (QED) is 0.515. The fourth-order valence-corrected chi connectivity index (χ4v) is 0.344. The Labute approximate surface area is 52.9 Å². The molecule has 0 amide bonds. The molecule has 46 valence electrons. The lowest BCUT2D eigenvalue weighted by Gasteiger charge is -1.86. The third-order valence-corrected chi connectivity index (χ3v) is 0.845. The molecule has 0 aliphatic carbocycles. The molecule has 0 rings (SSSR count). The molecule has 0 atom stereocenters. The standard InChI is InChI=1S/C5H7ClFN/c1-3-8-5(6)4(2)7/h2-3H2,1H3/b8-5+. The Morgan fingerprint density at radius 2 is 2.38 bits per heavy atom. The maximum atomic E-state index is 11.8. The molecule has 0 aliphatic rings. The van der Waals surface area contributed by atoms with Crippen molar-refractivity contribution >= 4 is 16.8 Å². The lowest BCUT2D eigenvalue weighted by Crippen LogP contribution is -1.85. The van der Waals surface area contributed by atoms with Crippen molar-refractivity contribution in [3.8, 4) is 0 Å². The molecule has 0 N–H and O–H groups in total. The van der Waals surface area contributed by atoms with E-state index in [1.54, 1.807) is 6.92 Å². The number of nitrogens with zero attached hydrogens (tertiary/aromatic N) is 1. The van der Waals surface area contributed by atoms with Gasteiger partial charge in [-0.15, -0.1) is 0 Å². The minimum atomic E-state index is -0.673. The van der Waals surface area contributed by atoms with Crippen LogP contribution in [-0.4, -0.2) is 11.7 Å². The SMILES string of the molecule is C=C(F)/C(Cl)=N\CC. The van der Waals surface area contributed by atoms with Crippen molar-refractivity contribution < 1.29 is 4.39 Å². The number of hydrogen-bond acceptors (Lipinski definition) is 1. The predicted molar refractivity (Wildman–Crippen MR) is 34.1 cm³/mol. The van der Waals surface area contributed by atoms with E-state index in [-0.39, 0.29) is 5.17 Å². The summed E-state index contributed by atoms with van der Waals surface area (Å²) >= 11 is 5.19. The number of allylic oxidation sites excluding steroid dienone is 1. The lowest BCUT2D eigenvalue weighted by atomic mass is 10.6. The Balaban J connectivity index is 3.80. The van der Waals surface area contributed by atoms with E-state index in [0.717, 1.165) is 0 Å². The second kappa shape index (κ2) is 3.61. The number of halogens is 2. The van der Waals surface area contributed by atoms with Gasteiger partial charge in [-0.05, 0) is 6.92 Å². The van der Waals surface area contributed by atoms with Crippen molar-refractivity contribution in [2.24, 2.45) is 4.99 Å². The fraction of sp³-hybridized carbons (Fsp3) is 0.400. The van der Waals surface area contributed by atoms with E-state index in [0.29, 0.717) is 6.54 Å². The summed E-state index contributed by atoms with van der Waals surface area (Å²) in [5.41, 5.74) is 0. The van der Waals surface area contributed by atoms with Gasteiger partial charge in [0, 0.05) is 6.54 Å². The van der Waals surface area contributed by atoms with Crippen molar-refractivity contribution in [1.82, 2.24) is 0 Å². The Bertz CT molecular complexity index is 120. The first-order valence-corrected chi connectivity index (χ1v) is 2.61. The number of hydrogen-bond donors (Lipinski definition) is 0. The van der Waals surface area contributed by atoms with Crippen molar-refractivity contribution in [3.05, 3.63) is 12.4 Å². The van der Waals surface area contributed by atoms with E-state index >= 15 is 0 Å². The van der Waals surface area contributed by atoms with Gasteiger partial charge >= 0.3 is 0 Å². The van der Waals surface area contributed by atoms with Gasteiger partial charge in [-0.1, -0.05) is 18.2 Å². The first kappa shape index (κ1) is 7.63. The molecule has 0 spiro atoms. The van der Waals surface area contributed by atoms with E-state index in [1.807, 2.05) is 0 Å². The zero-order valence-corrected chi connectivity index (χ0v) is 5.37. The van der Waals surface area contributed by atoms with Crippen LogP contribution in [0.25, 0.3) is 0 Å². The molecule has 3 heteroatoms. The van der Waals surface area contributed by atoms with E-state index < -0.39 is 5.83 Å². The van der Waals surface area contributed by atoms with E-state index in [1.165, 1.54) is 0 Å². The van der Waals surface area contributed by atoms with Crippen LogP contribution >= 0.6 is 11.6 Å². The second-order valence-corrected chi connectivity index (χ2v) is 1.53. The van der Waals surface area contributed by atoms with E-state index in [4.69, 9.17) is 11.6 Å². The maximum absolute atomic E-state index is 11.8. The lowest BCUT2D eigenvalue weighted by molar-refractivity contribution is 0.687. The molecule has 0 unspecified atom stereocenters. The van der Waals surface area contributed by atoms with Gasteiger partial charge in [0.25, 0.3) is 0 Å². The van der Waals surface area contributed by atoms with Gasteiger partial charge in [-0.2, -0.15) is 0 Å². The van der Waals surface area contributed by atoms with Crippen molar-refractivity contribution in [3.63, 3.8) is 0 Å². The Kier molecular flexibility index (Phi) is 3.44. The van der Waals surface area contributed by atoms with Gasteiger partial charge in [-0.25, -0.2) is 4.39 Å². The summed E-state index contributed by atoms with van der Waals surface area (Å²) in [6.45, 7) is 5.20. The van der Waals surface area contributed by atoms with Gasteiger partial charge in [0.05, 0.1) is 0 Å². The highest BCUT2D eigenvalue weighted by Gasteiger charge is 1.94. The van der Waals surface area contributed by atoms with E-state index in [2.05, 4.69) is 11.6 Å². The maximum Gasteiger partial charge on any atom is 0.159 e. The zero-order chi connectivity index (χ0) is 6.57. The van der Waals surface area contributed by atoms with Crippen LogP contribution in [-0.2, 0) is 0 Å². The summed E-state index contributed by atoms with van der Waals surface area (Å²) in [5, 5.41) is -0.132. The molecule has 0 aromatic rings. The van der Waals surface area contributed by atoms with Gasteiger partial charge in [-0.3, -0.25) is 4.99 Å². The van der Waals surface area contributed by atoms with Gasteiger partial charge in [0.1, 0.15) is 0 Å². The Morgan fingerprint density at radius 1 is 1.88 bits per heavy atom. The van der Waals surface area contributed by atoms with Gasteiger partial charge in [0.15, 0.2) is 11.0 Å². The Hall–Kier alpha value is -0.370. The van der Waals surface area contributed by atoms with Gasteiger partial charge < -0.3 is 0 Å². The summed E-state index contributed by atoms with van der Waals surface area (Å²) in [5.74, 6) is -0.673. The molecule has 0 saturated carbocycles. The number of aliphatic imine (C=N–C) groups is 1. The summed E-state index contributed by atoms with van der Waals surface area (Å²) in [6, 6.07) is 0. The molecule has 0 aromatic heterocycles. The third-order valence-electron chi connectivity index (χ3n) is 0.521. The van der Waals surface area contributed by atoms with Crippen molar-refractivity contribution in [2.45, 2.75) is 6.92 Å². The minimum absolute atomic E-state index is 0.132. The number of rotatable bonds is 2. The monoisotopic (exact) mass is 135 g/mol. The largest absolute Gasteiger partial charge is 0.271 e. The summed E-state index contributed by atoms with van der Waals surface area (Å²) in [7, 11) is 0. The summed E-state index contributed by atoms with van der Waals surface area (Å²) in [6.07, 6.45) is 0. The molecule has 0 aromatic carbocycles. The smallest absolute Gasteiger partial charge is 0.159 e. The molecular weight excluding hydrogens is 129 g/mol. The van der Waals surface area contributed by atoms with Crippen LogP contribution in [0.1, 0.15) is 6.92 Å². The summed E-state index contributed by atoms with van der Waals surface area (Å²) in [4.78, 5) is 3.53. The first-order valence-electron chi connectivity index (χ1n) is 2.23. The Morgan fingerprint density at radius 3 is 2.50 bits per heavy atom. The average molecular weight is 136 g/mol. The molecule has 0 heterocycles. The van der Waals surface area contributed by atoms with Crippen LogP contribution in [0.4, 0.5) is 4.39 Å². The minimum Gasteiger partial charge on any atom is -0.271 e. The molecule has 1 nitrogen and oxygen atoms in total. The average Bonchev–Trinajstić information content (AvgIpc) is 1.67. The summed E-state index contributed by atoms with van der Waals surface area (Å²) < 4.78 is 11.8. The highest BCUT2D eigenvalue weighted by Crippen LogP contribution is 1.99. The molecule has 0 fully saturated rings. The van der Waals surface area contributed by atoms with Gasteiger partial charge in [0.2, 0.25) is 0 Å². The van der Waals surface area contributed by atoms with Crippen LogP contribution in [0, 0.1) is 0 Å². The zero-order valence-electron chi connectivity index (χ0n) is 4.62. The topological polar surface area (TPSA) is 12.4 Å². The van der Waals surface area contributed by atoms with E-state index in [9.17, 15) is 4.39 Å². The predicted octanol–water partition coefficient (Wildman–Crippen LogP) is 2.13. The van der Waals surface area contributed by atoms with Crippen LogP contribution < -0.4 is 0 Å². The van der Waals surface area contributed by atoms with Crippen molar-refractivity contribution in [2.75, 3.05) is 6.54 Å². The molecule has 0 radical (unpaired) electrons. The first-order chi connectivity index (χ1) is 3.68. The van der Waals surface area contributed by atoms with Crippen LogP contribution in [0.15, 0.2) is 17.4 Å². The van der Waals surface area contributed by atoms with Crippen LogP contribution in [0.3, 0.4) is 0 Å². The van der Waals surface area contributed by atoms with Crippen LogP contribution in [0.5, 0.6) is 0 Å². The molecule has 0 bridgehead atoms.